The Morgan fingerprint density at radius 2 is 1.71 bits per heavy atom. The van der Waals surface area contributed by atoms with Crippen LogP contribution >= 0.6 is 0 Å². The molecule has 7 heteroatoms. The average Bonchev–Trinajstić information content (AvgIpc) is 2.60. The average molecular weight is 344 g/mol. The molecule has 3 N–H and O–H groups in total. The standard InChI is InChI=1S/C17H28O7/c1-11(7-18)16(21)23-9-14(10-24-17(22)12(2)8-19)13-3-5-15(20)6-4-13/h12-15,18-20H,1,3-10H2,2H3. The Balaban J connectivity index is 2.60. The molecule has 1 aliphatic carbocycles. The van der Waals surface area contributed by atoms with Crippen LogP contribution in [-0.4, -0.2) is 59.8 Å². The molecule has 0 aromatic heterocycles. The number of hydrogen-bond acceptors (Lipinski definition) is 7. The van der Waals surface area contributed by atoms with E-state index in [4.69, 9.17) is 19.7 Å². The smallest absolute Gasteiger partial charge is 0.335 e. The molecule has 0 radical (unpaired) electrons. The Labute approximate surface area is 142 Å². The van der Waals surface area contributed by atoms with Crippen LogP contribution in [0.4, 0.5) is 0 Å². The second-order valence-electron chi connectivity index (χ2n) is 6.40. The van der Waals surface area contributed by atoms with Crippen molar-refractivity contribution in [3.8, 4) is 0 Å². The van der Waals surface area contributed by atoms with Crippen LogP contribution in [0.15, 0.2) is 12.2 Å². The first-order valence-electron chi connectivity index (χ1n) is 8.30. The number of carbonyl (C=O) groups is 2. The molecule has 0 heterocycles. The van der Waals surface area contributed by atoms with E-state index in [-0.39, 0.29) is 43.3 Å². The molecule has 0 aliphatic heterocycles. The number of rotatable bonds is 9. The summed E-state index contributed by atoms with van der Waals surface area (Å²) in [6, 6.07) is 0. The maximum Gasteiger partial charge on any atom is 0.335 e. The Morgan fingerprint density at radius 3 is 2.25 bits per heavy atom. The van der Waals surface area contributed by atoms with E-state index in [1.54, 1.807) is 6.92 Å². The molecule has 2 atom stereocenters. The van der Waals surface area contributed by atoms with Gasteiger partial charge in [-0.25, -0.2) is 4.79 Å². The summed E-state index contributed by atoms with van der Waals surface area (Å²) >= 11 is 0. The molecule has 2 unspecified atom stereocenters. The van der Waals surface area contributed by atoms with Gasteiger partial charge >= 0.3 is 11.9 Å². The highest BCUT2D eigenvalue weighted by Gasteiger charge is 2.29. The summed E-state index contributed by atoms with van der Waals surface area (Å²) in [7, 11) is 0. The zero-order chi connectivity index (χ0) is 18.1. The first kappa shape index (κ1) is 20.6. The third kappa shape index (κ3) is 6.59. The molecule has 138 valence electrons. The van der Waals surface area contributed by atoms with E-state index in [0.717, 1.165) is 12.8 Å². The summed E-state index contributed by atoms with van der Waals surface area (Å²) in [6.07, 6.45) is 2.55. The third-order valence-electron chi connectivity index (χ3n) is 4.43. The van der Waals surface area contributed by atoms with E-state index in [9.17, 15) is 14.7 Å². The number of aliphatic hydroxyl groups is 3. The molecular formula is C17H28O7. The molecule has 0 aromatic carbocycles. The van der Waals surface area contributed by atoms with Gasteiger partial charge in [-0.05, 0) is 38.5 Å². The second kappa shape index (κ2) is 10.4. The molecule has 1 fully saturated rings. The van der Waals surface area contributed by atoms with Gasteiger partial charge in [0.25, 0.3) is 0 Å². The quantitative estimate of drug-likeness (QED) is 0.410. The number of aliphatic hydroxyl groups excluding tert-OH is 3. The van der Waals surface area contributed by atoms with Crippen LogP contribution in [0.2, 0.25) is 0 Å². The van der Waals surface area contributed by atoms with Gasteiger partial charge in [-0.15, -0.1) is 0 Å². The van der Waals surface area contributed by atoms with Gasteiger partial charge in [0.2, 0.25) is 0 Å². The molecule has 24 heavy (non-hydrogen) atoms. The topological polar surface area (TPSA) is 113 Å². The van der Waals surface area contributed by atoms with Gasteiger partial charge in [0.15, 0.2) is 0 Å². The fraction of sp³-hybridized carbons (Fsp3) is 0.765. The minimum atomic E-state index is -0.673. The monoisotopic (exact) mass is 344 g/mol. The van der Waals surface area contributed by atoms with Gasteiger partial charge in [-0.1, -0.05) is 6.58 Å². The SMILES string of the molecule is C=C(CO)C(=O)OCC(COC(=O)C(C)CO)C1CCC(O)CC1. The fourth-order valence-electron chi connectivity index (χ4n) is 2.65. The van der Waals surface area contributed by atoms with Gasteiger partial charge in [-0.2, -0.15) is 0 Å². The predicted molar refractivity (Wildman–Crippen MR) is 85.8 cm³/mol. The van der Waals surface area contributed by atoms with Crippen molar-refractivity contribution < 1.29 is 34.4 Å². The summed E-state index contributed by atoms with van der Waals surface area (Å²) in [5, 5.41) is 27.5. The summed E-state index contributed by atoms with van der Waals surface area (Å²) in [5.74, 6) is -1.79. The molecule has 0 saturated heterocycles. The second-order valence-corrected chi connectivity index (χ2v) is 6.40. The van der Waals surface area contributed by atoms with Crippen LogP contribution in [0.25, 0.3) is 0 Å². The first-order valence-corrected chi connectivity index (χ1v) is 8.30. The summed E-state index contributed by atoms with van der Waals surface area (Å²) in [5.41, 5.74) is -0.0290. The van der Waals surface area contributed by atoms with Crippen LogP contribution in [0.3, 0.4) is 0 Å². The van der Waals surface area contributed by atoms with Crippen molar-refractivity contribution in [3.05, 3.63) is 12.2 Å². The van der Waals surface area contributed by atoms with E-state index in [1.807, 2.05) is 0 Å². The van der Waals surface area contributed by atoms with Crippen molar-refractivity contribution in [2.75, 3.05) is 26.4 Å². The Bertz CT molecular complexity index is 427. The third-order valence-corrected chi connectivity index (χ3v) is 4.43. The van der Waals surface area contributed by atoms with Crippen LogP contribution in [0, 0.1) is 17.8 Å². The normalized spacial score (nSPS) is 23.2. The van der Waals surface area contributed by atoms with Crippen LogP contribution in [0.1, 0.15) is 32.6 Å². The molecule has 0 aromatic rings. The van der Waals surface area contributed by atoms with E-state index in [1.165, 1.54) is 0 Å². The lowest BCUT2D eigenvalue weighted by atomic mass is 9.79. The molecule has 0 amide bonds. The molecule has 0 bridgehead atoms. The Kier molecular flexibility index (Phi) is 8.95. The number of esters is 2. The van der Waals surface area contributed by atoms with Crippen LogP contribution < -0.4 is 0 Å². The van der Waals surface area contributed by atoms with E-state index < -0.39 is 24.5 Å². The molecule has 1 saturated carbocycles. The molecular weight excluding hydrogens is 316 g/mol. The van der Waals surface area contributed by atoms with Crippen molar-refractivity contribution >= 4 is 11.9 Å². The summed E-state index contributed by atoms with van der Waals surface area (Å²) in [4.78, 5) is 23.4. The zero-order valence-electron chi connectivity index (χ0n) is 14.1. The lowest BCUT2D eigenvalue weighted by molar-refractivity contribution is -0.153. The predicted octanol–water partition coefficient (Wildman–Crippen LogP) is 0.417. The van der Waals surface area contributed by atoms with Crippen LogP contribution in [-0.2, 0) is 19.1 Å². The number of carbonyl (C=O) groups excluding carboxylic acids is 2. The minimum absolute atomic E-state index is 0.0290. The summed E-state index contributed by atoms with van der Waals surface area (Å²) < 4.78 is 10.4. The van der Waals surface area contributed by atoms with E-state index in [0.29, 0.717) is 12.8 Å². The molecule has 1 aliphatic rings. The lowest BCUT2D eigenvalue weighted by Gasteiger charge is -2.31. The van der Waals surface area contributed by atoms with Gasteiger partial charge in [0, 0.05) is 5.92 Å². The van der Waals surface area contributed by atoms with E-state index in [2.05, 4.69) is 6.58 Å². The Morgan fingerprint density at radius 1 is 1.12 bits per heavy atom. The highest BCUT2D eigenvalue weighted by Crippen LogP contribution is 2.31. The maximum atomic E-state index is 11.7. The van der Waals surface area contributed by atoms with Crippen molar-refractivity contribution in [2.24, 2.45) is 17.8 Å². The van der Waals surface area contributed by atoms with E-state index >= 15 is 0 Å². The van der Waals surface area contributed by atoms with Crippen molar-refractivity contribution in [1.29, 1.82) is 0 Å². The first-order chi connectivity index (χ1) is 11.4. The number of ether oxygens (including phenoxy) is 2. The van der Waals surface area contributed by atoms with Gasteiger partial charge in [0.05, 0.1) is 44.0 Å². The molecule has 7 nitrogen and oxygen atoms in total. The fourth-order valence-corrected chi connectivity index (χ4v) is 2.65. The largest absolute Gasteiger partial charge is 0.465 e. The summed E-state index contributed by atoms with van der Waals surface area (Å²) in [6.45, 7) is 4.36. The van der Waals surface area contributed by atoms with Gasteiger partial charge in [0.1, 0.15) is 0 Å². The lowest BCUT2D eigenvalue weighted by Crippen LogP contribution is -2.32. The molecule has 1 rings (SSSR count). The van der Waals surface area contributed by atoms with Gasteiger partial charge in [-0.3, -0.25) is 4.79 Å². The number of hydrogen-bond donors (Lipinski definition) is 3. The Hall–Kier alpha value is -1.44. The highest BCUT2D eigenvalue weighted by molar-refractivity contribution is 5.87. The minimum Gasteiger partial charge on any atom is -0.465 e. The zero-order valence-corrected chi connectivity index (χ0v) is 14.1. The van der Waals surface area contributed by atoms with Crippen molar-refractivity contribution in [3.63, 3.8) is 0 Å². The maximum absolute atomic E-state index is 11.7. The van der Waals surface area contributed by atoms with Crippen LogP contribution in [0.5, 0.6) is 0 Å². The highest BCUT2D eigenvalue weighted by atomic mass is 16.5. The molecule has 0 spiro atoms. The van der Waals surface area contributed by atoms with Crippen molar-refractivity contribution in [1.82, 2.24) is 0 Å². The van der Waals surface area contributed by atoms with Crippen molar-refractivity contribution in [2.45, 2.75) is 38.7 Å². The van der Waals surface area contributed by atoms with Gasteiger partial charge < -0.3 is 24.8 Å².